The molecule has 0 bridgehead atoms. The fraction of sp³-hybridized carbons (Fsp3) is 0.533. The van der Waals surface area contributed by atoms with Gasteiger partial charge in [0, 0.05) is 12.0 Å². The van der Waals surface area contributed by atoms with E-state index in [1.54, 1.807) is 6.21 Å². The molecule has 0 heterocycles. The van der Waals surface area contributed by atoms with Crippen LogP contribution in [0.2, 0.25) is 0 Å². The van der Waals surface area contributed by atoms with Crippen molar-refractivity contribution < 1.29 is 4.74 Å². The topological polar surface area (TPSA) is 26.1 Å². The van der Waals surface area contributed by atoms with Gasteiger partial charge in [-0.1, -0.05) is 62.9 Å². The monoisotopic (exact) mass is 233 g/mol. The van der Waals surface area contributed by atoms with Gasteiger partial charge in [-0.2, -0.15) is 0 Å². The Labute approximate surface area is 105 Å². The van der Waals surface area contributed by atoms with E-state index in [0.29, 0.717) is 6.54 Å². The lowest BCUT2D eigenvalue weighted by Gasteiger charge is -2.04. The summed E-state index contributed by atoms with van der Waals surface area (Å²) in [5, 5.41) is 11.6. The summed E-state index contributed by atoms with van der Waals surface area (Å²) < 4.78 is 1.05. The van der Waals surface area contributed by atoms with E-state index in [1.807, 2.05) is 30.3 Å². The SMILES string of the molecule is CCCCCCC/C=[N+](/[O-])Cc1ccccc1. The first-order chi connectivity index (χ1) is 8.33. The summed E-state index contributed by atoms with van der Waals surface area (Å²) in [6.45, 7) is 2.68. The lowest BCUT2D eigenvalue weighted by Crippen LogP contribution is -2.04. The minimum atomic E-state index is 0.468. The largest absolute Gasteiger partial charge is 0.624 e. The van der Waals surface area contributed by atoms with Gasteiger partial charge >= 0.3 is 0 Å². The Morgan fingerprint density at radius 3 is 2.47 bits per heavy atom. The number of nitrogens with zero attached hydrogens (tertiary/aromatic N) is 1. The van der Waals surface area contributed by atoms with Gasteiger partial charge < -0.3 is 5.21 Å². The fourth-order valence-corrected chi connectivity index (χ4v) is 1.81. The van der Waals surface area contributed by atoms with Crippen molar-refractivity contribution in [1.82, 2.24) is 0 Å². The third-order valence-electron chi connectivity index (χ3n) is 2.82. The van der Waals surface area contributed by atoms with E-state index in [1.165, 1.54) is 25.7 Å². The van der Waals surface area contributed by atoms with Crippen molar-refractivity contribution in [3.63, 3.8) is 0 Å². The molecule has 0 fully saturated rings. The van der Waals surface area contributed by atoms with Crippen LogP contribution in [0.25, 0.3) is 0 Å². The first-order valence-electron chi connectivity index (χ1n) is 6.64. The average Bonchev–Trinajstić information content (AvgIpc) is 2.35. The second-order valence-electron chi connectivity index (χ2n) is 4.45. The number of hydroxylamine groups is 1. The molecular formula is C15H23NO. The van der Waals surface area contributed by atoms with Gasteiger partial charge in [-0.3, -0.25) is 0 Å². The molecule has 0 aliphatic heterocycles. The maximum absolute atomic E-state index is 11.6. The zero-order valence-electron chi connectivity index (χ0n) is 10.8. The van der Waals surface area contributed by atoms with Crippen LogP contribution in [0.4, 0.5) is 0 Å². The van der Waals surface area contributed by atoms with Gasteiger partial charge in [0.1, 0.15) is 0 Å². The van der Waals surface area contributed by atoms with E-state index in [-0.39, 0.29) is 0 Å². The number of hydrogen-bond donors (Lipinski definition) is 0. The van der Waals surface area contributed by atoms with Gasteiger partial charge in [-0.25, -0.2) is 4.74 Å². The third-order valence-corrected chi connectivity index (χ3v) is 2.82. The highest BCUT2D eigenvalue weighted by Gasteiger charge is 1.96. The van der Waals surface area contributed by atoms with Gasteiger partial charge in [0.05, 0.1) is 0 Å². The molecule has 94 valence electrons. The molecule has 0 N–H and O–H groups in total. The molecule has 0 spiro atoms. The molecule has 0 unspecified atom stereocenters. The van der Waals surface area contributed by atoms with Crippen molar-refractivity contribution >= 4 is 6.21 Å². The van der Waals surface area contributed by atoms with Crippen LogP contribution >= 0.6 is 0 Å². The lowest BCUT2D eigenvalue weighted by atomic mass is 10.1. The summed E-state index contributed by atoms with van der Waals surface area (Å²) in [6, 6.07) is 9.87. The summed E-state index contributed by atoms with van der Waals surface area (Å²) in [4.78, 5) is 0. The Morgan fingerprint density at radius 1 is 1.06 bits per heavy atom. The third kappa shape index (κ3) is 6.77. The highest BCUT2D eigenvalue weighted by molar-refractivity contribution is 5.51. The summed E-state index contributed by atoms with van der Waals surface area (Å²) in [7, 11) is 0. The second kappa shape index (κ2) is 8.80. The van der Waals surface area contributed by atoms with E-state index < -0.39 is 0 Å². The summed E-state index contributed by atoms with van der Waals surface area (Å²) in [5.41, 5.74) is 1.07. The average molecular weight is 233 g/mol. The molecule has 1 aromatic carbocycles. The Kier molecular flexibility index (Phi) is 7.12. The lowest BCUT2D eigenvalue weighted by molar-refractivity contribution is -0.471. The van der Waals surface area contributed by atoms with Crippen LogP contribution in [0.15, 0.2) is 30.3 Å². The summed E-state index contributed by atoms with van der Waals surface area (Å²) >= 11 is 0. The Hall–Kier alpha value is -1.31. The first-order valence-corrected chi connectivity index (χ1v) is 6.64. The normalized spacial score (nSPS) is 11.7. The van der Waals surface area contributed by atoms with Gasteiger partial charge in [-0.05, 0) is 6.42 Å². The minimum absolute atomic E-state index is 0.468. The Balaban J connectivity index is 2.17. The smallest absolute Gasteiger partial charge is 0.178 e. The molecule has 1 rings (SSSR count). The first kappa shape index (κ1) is 13.8. The van der Waals surface area contributed by atoms with Crippen LogP contribution in [-0.4, -0.2) is 11.0 Å². The van der Waals surface area contributed by atoms with Gasteiger partial charge in [0.2, 0.25) is 0 Å². The number of rotatable bonds is 8. The standard InChI is InChI=1S/C15H23NO/c1-2-3-4-5-6-10-13-16(17)14-15-11-8-7-9-12-15/h7-9,11-13H,2-6,10,14H2,1H3/b16-13+. The quantitative estimate of drug-likeness (QED) is 0.218. The van der Waals surface area contributed by atoms with E-state index in [4.69, 9.17) is 0 Å². The number of hydrogen-bond acceptors (Lipinski definition) is 1. The summed E-state index contributed by atoms with van der Waals surface area (Å²) in [6.07, 6.45) is 8.93. The molecule has 0 amide bonds. The van der Waals surface area contributed by atoms with Gasteiger partial charge in [0.25, 0.3) is 0 Å². The molecule has 0 saturated carbocycles. The van der Waals surface area contributed by atoms with Crippen LogP contribution in [0.5, 0.6) is 0 Å². The van der Waals surface area contributed by atoms with Crippen molar-refractivity contribution in [2.24, 2.45) is 0 Å². The molecule has 0 aliphatic rings. The van der Waals surface area contributed by atoms with Crippen molar-refractivity contribution in [2.45, 2.75) is 52.0 Å². The van der Waals surface area contributed by atoms with Crippen LogP contribution in [0.3, 0.4) is 0 Å². The Morgan fingerprint density at radius 2 is 1.76 bits per heavy atom. The Bertz CT molecular complexity index is 319. The highest BCUT2D eigenvalue weighted by Crippen LogP contribution is 2.04. The fourth-order valence-electron chi connectivity index (χ4n) is 1.81. The maximum atomic E-state index is 11.6. The van der Waals surface area contributed by atoms with Crippen molar-refractivity contribution in [3.05, 3.63) is 41.1 Å². The van der Waals surface area contributed by atoms with Crippen molar-refractivity contribution in [1.29, 1.82) is 0 Å². The molecule has 0 atom stereocenters. The molecule has 0 aliphatic carbocycles. The maximum Gasteiger partial charge on any atom is 0.178 e. The van der Waals surface area contributed by atoms with Crippen LogP contribution < -0.4 is 0 Å². The number of benzene rings is 1. The molecule has 1 aromatic rings. The van der Waals surface area contributed by atoms with Gasteiger partial charge in [0.15, 0.2) is 12.8 Å². The molecular weight excluding hydrogens is 210 g/mol. The van der Waals surface area contributed by atoms with E-state index in [0.717, 1.165) is 23.1 Å². The predicted octanol–water partition coefficient (Wildman–Crippen LogP) is 4.13. The van der Waals surface area contributed by atoms with Crippen LogP contribution in [0, 0.1) is 5.21 Å². The van der Waals surface area contributed by atoms with Crippen molar-refractivity contribution in [2.75, 3.05) is 0 Å². The van der Waals surface area contributed by atoms with E-state index in [2.05, 4.69) is 6.92 Å². The zero-order chi connectivity index (χ0) is 12.3. The van der Waals surface area contributed by atoms with Crippen molar-refractivity contribution in [3.8, 4) is 0 Å². The molecule has 2 nitrogen and oxygen atoms in total. The second-order valence-corrected chi connectivity index (χ2v) is 4.45. The van der Waals surface area contributed by atoms with E-state index in [9.17, 15) is 5.21 Å². The molecule has 2 heteroatoms. The zero-order valence-corrected chi connectivity index (χ0v) is 10.8. The van der Waals surface area contributed by atoms with Crippen LogP contribution in [0.1, 0.15) is 51.0 Å². The molecule has 17 heavy (non-hydrogen) atoms. The molecule has 0 aromatic heterocycles. The predicted molar refractivity (Wildman–Crippen MR) is 73.2 cm³/mol. The van der Waals surface area contributed by atoms with Gasteiger partial charge in [-0.15, -0.1) is 0 Å². The van der Waals surface area contributed by atoms with Crippen LogP contribution in [-0.2, 0) is 6.54 Å². The molecule has 0 saturated heterocycles. The minimum Gasteiger partial charge on any atom is -0.624 e. The summed E-state index contributed by atoms with van der Waals surface area (Å²) in [5.74, 6) is 0. The molecule has 0 radical (unpaired) electrons. The number of unbranched alkanes of at least 4 members (excludes halogenated alkanes) is 5. The highest BCUT2D eigenvalue weighted by atomic mass is 16.5. The van der Waals surface area contributed by atoms with E-state index >= 15 is 0 Å².